The van der Waals surface area contributed by atoms with E-state index in [4.69, 9.17) is 5.73 Å². The van der Waals surface area contributed by atoms with E-state index in [1.165, 1.54) is 88.0 Å². The van der Waals surface area contributed by atoms with E-state index in [0.29, 0.717) is 13.1 Å². The highest BCUT2D eigenvalue weighted by atomic mass is 16.1. The molecule has 2 aromatic heterocycles. The summed E-state index contributed by atoms with van der Waals surface area (Å²) in [4.78, 5) is 35.8. The maximum atomic E-state index is 12.5. The predicted molar refractivity (Wildman–Crippen MR) is 147 cm³/mol. The first-order chi connectivity index (χ1) is 17.1. The number of hydrogen-bond donors (Lipinski definition) is 3. The summed E-state index contributed by atoms with van der Waals surface area (Å²) in [7, 11) is 0. The fraction of sp³-hybridized carbons (Fsp3) is 0.704. The Balaban J connectivity index is 1.66. The number of nitrogens with zero attached hydrogens (tertiary/aromatic N) is 3. The number of nitrogen functional groups attached to an aromatic ring is 1. The van der Waals surface area contributed by atoms with Gasteiger partial charge in [0.2, 0.25) is 5.95 Å². The first kappa shape index (κ1) is 28.6. The van der Waals surface area contributed by atoms with Gasteiger partial charge < -0.3 is 11.1 Å². The minimum Gasteiger partial charge on any atom is -0.383 e. The molecule has 8 heteroatoms. The van der Waals surface area contributed by atoms with Crippen LogP contribution in [0.15, 0.2) is 22.2 Å². The number of aromatic amines is 1. The Hall–Kier alpha value is -2.64. The third-order valence-corrected chi connectivity index (χ3v) is 6.51. The van der Waals surface area contributed by atoms with Gasteiger partial charge in [0.25, 0.3) is 5.56 Å². The summed E-state index contributed by atoms with van der Waals surface area (Å²) < 4.78 is 1.46. The Labute approximate surface area is 209 Å². The Morgan fingerprint density at radius 1 is 0.857 bits per heavy atom. The molecule has 35 heavy (non-hydrogen) atoms. The quantitative estimate of drug-likeness (QED) is 0.158. The van der Waals surface area contributed by atoms with E-state index in [0.717, 1.165) is 19.3 Å². The van der Waals surface area contributed by atoms with Crippen molar-refractivity contribution in [3.8, 4) is 0 Å². The van der Waals surface area contributed by atoms with Crippen molar-refractivity contribution in [3.05, 3.63) is 33.5 Å². The largest absolute Gasteiger partial charge is 0.383 e. The number of fused-ring (bicyclic) bond motifs is 1. The normalized spacial score (nSPS) is 11.2. The van der Waals surface area contributed by atoms with E-state index < -0.39 is 11.2 Å². The summed E-state index contributed by atoms with van der Waals surface area (Å²) >= 11 is 0. The molecule has 0 aliphatic carbocycles. The van der Waals surface area contributed by atoms with Crippen LogP contribution in [0.4, 0.5) is 11.8 Å². The highest BCUT2D eigenvalue weighted by Crippen LogP contribution is 2.15. The van der Waals surface area contributed by atoms with Gasteiger partial charge in [-0.15, -0.1) is 6.58 Å². The van der Waals surface area contributed by atoms with E-state index in [1.807, 2.05) is 0 Å². The van der Waals surface area contributed by atoms with Crippen LogP contribution in [0.3, 0.4) is 0 Å². The second-order valence-corrected chi connectivity index (χ2v) is 9.52. The summed E-state index contributed by atoms with van der Waals surface area (Å²) in [5.41, 5.74) is 5.24. The highest BCUT2D eigenvalue weighted by molar-refractivity contribution is 5.85. The van der Waals surface area contributed by atoms with Gasteiger partial charge >= 0.3 is 5.69 Å². The molecule has 0 aliphatic rings. The zero-order valence-corrected chi connectivity index (χ0v) is 21.7. The lowest BCUT2D eigenvalue weighted by Crippen LogP contribution is -2.28. The van der Waals surface area contributed by atoms with Crippen LogP contribution in [-0.4, -0.2) is 26.1 Å². The summed E-state index contributed by atoms with van der Waals surface area (Å²) in [6, 6.07) is 0. The SMILES string of the molecule is C=CCNc1nc2c(c(N)nc(=O)n2CCCCCCCCCCCCCCCCCC)c(=O)[nH]1. The van der Waals surface area contributed by atoms with E-state index in [-0.39, 0.29) is 22.8 Å². The van der Waals surface area contributed by atoms with Crippen molar-refractivity contribution < 1.29 is 0 Å². The Bertz CT molecular complexity index is 998. The molecule has 0 saturated heterocycles. The fourth-order valence-corrected chi connectivity index (χ4v) is 4.47. The van der Waals surface area contributed by atoms with Gasteiger partial charge in [-0.05, 0) is 6.42 Å². The van der Waals surface area contributed by atoms with Crippen molar-refractivity contribution in [3.63, 3.8) is 0 Å². The van der Waals surface area contributed by atoms with E-state index >= 15 is 0 Å². The third kappa shape index (κ3) is 10.2. The van der Waals surface area contributed by atoms with Crippen LogP contribution in [0.25, 0.3) is 11.0 Å². The van der Waals surface area contributed by atoms with Crippen molar-refractivity contribution in [1.29, 1.82) is 0 Å². The first-order valence-corrected chi connectivity index (χ1v) is 13.7. The minimum atomic E-state index is -0.469. The standard InChI is InChI=1S/C27H46N6O2/c1-3-5-6-7-8-9-10-11-12-13-14-15-16-17-18-19-21-33-24-22(23(28)30-27(33)35)25(34)32-26(31-24)29-20-4-2/h4H,2-3,5-21H2,1H3,(H2,28,30,35)(H2,29,31,32,34). The van der Waals surface area contributed by atoms with E-state index in [9.17, 15) is 9.59 Å². The number of nitrogens with two attached hydrogens (primary N) is 1. The molecular weight excluding hydrogens is 440 g/mol. The molecule has 2 aromatic rings. The zero-order valence-electron chi connectivity index (χ0n) is 21.7. The topological polar surface area (TPSA) is 119 Å². The van der Waals surface area contributed by atoms with E-state index in [1.54, 1.807) is 6.08 Å². The molecule has 0 fully saturated rings. The lowest BCUT2D eigenvalue weighted by atomic mass is 10.0. The average Bonchev–Trinajstić information content (AvgIpc) is 2.83. The molecule has 2 rings (SSSR count). The molecule has 0 saturated carbocycles. The Kier molecular flexibility index (Phi) is 13.8. The maximum absolute atomic E-state index is 12.5. The van der Waals surface area contributed by atoms with Crippen LogP contribution < -0.4 is 22.3 Å². The highest BCUT2D eigenvalue weighted by Gasteiger charge is 2.14. The van der Waals surface area contributed by atoms with Gasteiger partial charge in [-0.3, -0.25) is 14.3 Å². The fourth-order valence-electron chi connectivity index (χ4n) is 4.47. The number of H-pyrrole nitrogens is 1. The molecule has 0 unspecified atom stereocenters. The maximum Gasteiger partial charge on any atom is 0.351 e. The molecule has 8 nitrogen and oxygen atoms in total. The molecule has 0 aromatic carbocycles. The molecule has 0 amide bonds. The molecule has 4 N–H and O–H groups in total. The summed E-state index contributed by atoms with van der Waals surface area (Å²) in [5.74, 6) is 0.199. The van der Waals surface area contributed by atoms with Crippen molar-refractivity contribution in [1.82, 2.24) is 19.5 Å². The van der Waals surface area contributed by atoms with Crippen molar-refractivity contribution in [2.75, 3.05) is 17.6 Å². The van der Waals surface area contributed by atoms with Crippen LogP contribution in [-0.2, 0) is 6.54 Å². The summed E-state index contributed by atoms with van der Waals surface area (Å²) in [5, 5.41) is 3.11. The van der Waals surface area contributed by atoms with Gasteiger partial charge in [-0.2, -0.15) is 9.97 Å². The monoisotopic (exact) mass is 486 g/mol. The first-order valence-electron chi connectivity index (χ1n) is 13.7. The van der Waals surface area contributed by atoms with Crippen LogP contribution in [0.2, 0.25) is 0 Å². The number of nitrogens with one attached hydrogen (secondary N) is 2. The molecule has 0 spiro atoms. The minimum absolute atomic E-state index is 0.0859. The van der Waals surface area contributed by atoms with Crippen LogP contribution in [0, 0.1) is 0 Å². The molecule has 0 radical (unpaired) electrons. The van der Waals surface area contributed by atoms with Gasteiger partial charge in [-0.1, -0.05) is 109 Å². The lowest BCUT2D eigenvalue weighted by molar-refractivity contribution is 0.519. The third-order valence-electron chi connectivity index (χ3n) is 6.51. The van der Waals surface area contributed by atoms with Gasteiger partial charge in [0, 0.05) is 13.1 Å². The summed E-state index contributed by atoms with van der Waals surface area (Å²) in [6.07, 6.45) is 22.3. The van der Waals surface area contributed by atoms with Gasteiger partial charge in [0.05, 0.1) is 0 Å². The van der Waals surface area contributed by atoms with Crippen LogP contribution in [0.5, 0.6) is 0 Å². The Morgan fingerprint density at radius 2 is 1.37 bits per heavy atom. The molecule has 0 bridgehead atoms. The van der Waals surface area contributed by atoms with Crippen molar-refractivity contribution in [2.45, 2.75) is 116 Å². The molecule has 196 valence electrons. The molecular formula is C27H46N6O2. The van der Waals surface area contributed by atoms with Crippen LogP contribution in [0.1, 0.15) is 110 Å². The number of unbranched alkanes of at least 4 members (excludes halogenated alkanes) is 15. The van der Waals surface area contributed by atoms with E-state index in [2.05, 4.69) is 33.8 Å². The number of aryl methyl sites for hydroxylation is 1. The molecule has 0 aliphatic heterocycles. The lowest BCUT2D eigenvalue weighted by Gasteiger charge is -2.11. The van der Waals surface area contributed by atoms with Crippen molar-refractivity contribution >= 4 is 22.8 Å². The molecule has 0 atom stereocenters. The second-order valence-electron chi connectivity index (χ2n) is 9.52. The number of anilines is 2. The predicted octanol–water partition coefficient (Wildman–Crippen LogP) is 5.92. The van der Waals surface area contributed by atoms with Gasteiger partial charge in [0.1, 0.15) is 11.2 Å². The van der Waals surface area contributed by atoms with Gasteiger partial charge in [-0.25, -0.2) is 4.79 Å². The van der Waals surface area contributed by atoms with Crippen molar-refractivity contribution in [2.24, 2.45) is 0 Å². The average molecular weight is 487 g/mol. The summed E-state index contributed by atoms with van der Waals surface area (Å²) in [6.45, 7) is 6.83. The zero-order chi connectivity index (χ0) is 25.3. The smallest absolute Gasteiger partial charge is 0.351 e. The second kappa shape index (κ2) is 16.9. The number of hydrogen-bond acceptors (Lipinski definition) is 6. The molecule has 2 heterocycles. The van der Waals surface area contributed by atoms with Gasteiger partial charge in [0.15, 0.2) is 5.65 Å². The Morgan fingerprint density at radius 3 is 1.89 bits per heavy atom. The van der Waals surface area contributed by atoms with Crippen LogP contribution >= 0.6 is 0 Å². The number of aromatic nitrogens is 4. The number of rotatable bonds is 20.